The summed E-state index contributed by atoms with van der Waals surface area (Å²) in [6.45, 7) is 8.13. The number of halogens is 1. The Morgan fingerprint density at radius 1 is 0.900 bits per heavy atom. The lowest BCUT2D eigenvalue weighted by molar-refractivity contribution is 0.471. The molecule has 0 unspecified atom stereocenters. The van der Waals surface area contributed by atoms with Gasteiger partial charge in [0.05, 0.1) is 0 Å². The second kappa shape index (κ2) is 7.20. The molecule has 108 valence electrons. The van der Waals surface area contributed by atoms with Crippen LogP contribution < -0.4 is 0 Å². The van der Waals surface area contributed by atoms with Crippen LogP contribution in [-0.4, -0.2) is 10.2 Å². The summed E-state index contributed by atoms with van der Waals surface area (Å²) in [6, 6.07) is 10.5. The van der Waals surface area contributed by atoms with Crippen molar-refractivity contribution in [2.24, 2.45) is 0 Å². The molecule has 0 saturated heterocycles. The Balaban J connectivity index is 0.000000204. The second-order valence-corrected chi connectivity index (χ2v) is 5.56. The van der Waals surface area contributed by atoms with E-state index in [0.29, 0.717) is 22.4 Å². The van der Waals surface area contributed by atoms with Crippen molar-refractivity contribution < 1.29 is 10.2 Å². The Morgan fingerprint density at radius 3 is 2.00 bits per heavy atom. The lowest BCUT2D eigenvalue weighted by Gasteiger charge is -2.08. The van der Waals surface area contributed by atoms with E-state index in [1.54, 1.807) is 37.3 Å². The Hall–Kier alpha value is -1.67. The largest absolute Gasteiger partial charge is 0.508 e. The summed E-state index contributed by atoms with van der Waals surface area (Å²) in [7, 11) is 0. The van der Waals surface area contributed by atoms with Gasteiger partial charge in [-0.2, -0.15) is 0 Å². The van der Waals surface area contributed by atoms with Crippen molar-refractivity contribution in [1.29, 1.82) is 0 Å². The molecule has 2 aromatic rings. The first kappa shape index (κ1) is 16.4. The molecule has 0 aliphatic carbocycles. The first-order valence-electron chi connectivity index (χ1n) is 6.56. The zero-order valence-electron chi connectivity index (χ0n) is 12.3. The van der Waals surface area contributed by atoms with Crippen LogP contribution in [0.15, 0.2) is 36.4 Å². The molecule has 0 saturated carbocycles. The number of rotatable bonds is 1. The fourth-order valence-electron chi connectivity index (χ4n) is 1.93. The van der Waals surface area contributed by atoms with E-state index >= 15 is 0 Å². The van der Waals surface area contributed by atoms with E-state index < -0.39 is 0 Å². The smallest absolute Gasteiger partial charge is 0.118 e. The number of hydrogen-bond acceptors (Lipinski definition) is 2. The van der Waals surface area contributed by atoms with Crippen molar-refractivity contribution in [3.8, 4) is 11.5 Å². The van der Waals surface area contributed by atoms with Crippen LogP contribution in [0.4, 0.5) is 0 Å². The Morgan fingerprint density at radius 2 is 1.55 bits per heavy atom. The number of hydrogen-bond donors (Lipinski definition) is 2. The highest BCUT2D eigenvalue weighted by atomic mass is 35.5. The molecule has 2 N–H and O–H groups in total. The van der Waals surface area contributed by atoms with Gasteiger partial charge in [0.1, 0.15) is 11.5 Å². The van der Waals surface area contributed by atoms with Crippen molar-refractivity contribution >= 4 is 11.6 Å². The van der Waals surface area contributed by atoms with Crippen molar-refractivity contribution in [2.45, 2.75) is 33.6 Å². The van der Waals surface area contributed by atoms with Gasteiger partial charge in [-0.05, 0) is 66.8 Å². The predicted molar refractivity (Wildman–Crippen MR) is 84.8 cm³/mol. The van der Waals surface area contributed by atoms with Gasteiger partial charge in [-0.3, -0.25) is 0 Å². The average Bonchev–Trinajstić information content (AvgIpc) is 2.34. The van der Waals surface area contributed by atoms with Crippen LogP contribution >= 0.6 is 11.6 Å². The molecule has 0 bridgehead atoms. The highest BCUT2D eigenvalue weighted by molar-refractivity contribution is 6.30. The van der Waals surface area contributed by atoms with Crippen LogP contribution in [0.5, 0.6) is 11.5 Å². The van der Waals surface area contributed by atoms with Gasteiger partial charge in [0.15, 0.2) is 0 Å². The molecule has 2 aromatic carbocycles. The first-order valence-corrected chi connectivity index (χ1v) is 6.93. The predicted octanol–water partition coefficient (Wildman–Crippen LogP) is 5.18. The summed E-state index contributed by atoms with van der Waals surface area (Å²) in [6.07, 6.45) is 0. The van der Waals surface area contributed by atoms with Crippen LogP contribution in [0.25, 0.3) is 0 Å². The summed E-state index contributed by atoms with van der Waals surface area (Å²) < 4.78 is 0. The van der Waals surface area contributed by atoms with Gasteiger partial charge in [0.25, 0.3) is 0 Å². The van der Waals surface area contributed by atoms with Crippen molar-refractivity contribution in [2.75, 3.05) is 0 Å². The maximum absolute atomic E-state index is 9.12. The molecule has 0 aliphatic rings. The molecule has 0 amide bonds. The molecule has 0 heterocycles. The third kappa shape index (κ3) is 4.78. The molecular formula is C17H21ClO2. The molecule has 0 radical (unpaired) electrons. The molecular weight excluding hydrogens is 272 g/mol. The van der Waals surface area contributed by atoms with E-state index in [-0.39, 0.29) is 0 Å². The van der Waals surface area contributed by atoms with Gasteiger partial charge in [0.2, 0.25) is 0 Å². The molecule has 0 aliphatic heterocycles. The maximum atomic E-state index is 9.12. The van der Waals surface area contributed by atoms with Crippen molar-refractivity contribution in [3.63, 3.8) is 0 Å². The molecule has 0 spiro atoms. The van der Waals surface area contributed by atoms with Gasteiger partial charge < -0.3 is 10.2 Å². The van der Waals surface area contributed by atoms with E-state index in [0.717, 1.165) is 5.56 Å². The third-order valence-corrected chi connectivity index (χ3v) is 3.27. The van der Waals surface area contributed by atoms with Gasteiger partial charge in [-0.1, -0.05) is 31.5 Å². The summed E-state index contributed by atoms with van der Waals surface area (Å²) in [5, 5.41) is 18.8. The molecule has 0 fully saturated rings. The molecule has 0 atom stereocenters. The van der Waals surface area contributed by atoms with Crippen LogP contribution in [-0.2, 0) is 0 Å². The van der Waals surface area contributed by atoms with E-state index in [1.165, 1.54) is 11.1 Å². The monoisotopic (exact) mass is 292 g/mol. The minimum Gasteiger partial charge on any atom is -0.508 e. The zero-order chi connectivity index (χ0) is 15.3. The van der Waals surface area contributed by atoms with E-state index in [4.69, 9.17) is 21.8 Å². The Labute approximate surface area is 125 Å². The summed E-state index contributed by atoms with van der Waals surface area (Å²) in [5.74, 6) is 1.18. The highest BCUT2D eigenvalue weighted by Crippen LogP contribution is 2.22. The topological polar surface area (TPSA) is 40.5 Å². The summed E-state index contributed by atoms with van der Waals surface area (Å²) in [4.78, 5) is 0. The maximum Gasteiger partial charge on any atom is 0.118 e. The summed E-state index contributed by atoms with van der Waals surface area (Å²) in [5.41, 5.74) is 3.28. The molecule has 3 heteroatoms. The average molecular weight is 293 g/mol. The van der Waals surface area contributed by atoms with E-state index in [2.05, 4.69) is 13.8 Å². The van der Waals surface area contributed by atoms with Crippen molar-refractivity contribution in [3.05, 3.63) is 58.1 Å². The number of phenolic OH excluding ortho intramolecular Hbond substituents is 2. The standard InChI is InChI=1S/C10H14O.C7H7ClO/c1-7(2)10-5-4-9(11)6-8(10)3;1-5-4-6(8)2-3-7(5)9/h4-7,11H,1-3H3;2-4,9H,1H3. The second-order valence-electron chi connectivity index (χ2n) is 5.13. The van der Waals surface area contributed by atoms with Crippen LogP contribution in [0.1, 0.15) is 36.5 Å². The van der Waals surface area contributed by atoms with Crippen LogP contribution in [0.2, 0.25) is 5.02 Å². The zero-order valence-corrected chi connectivity index (χ0v) is 13.1. The fourth-order valence-corrected chi connectivity index (χ4v) is 2.15. The fraction of sp³-hybridized carbons (Fsp3) is 0.294. The molecule has 2 nitrogen and oxygen atoms in total. The number of aryl methyl sites for hydroxylation is 2. The van der Waals surface area contributed by atoms with E-state index in [9.17, 15) is 0 Å². The lowest BCUT2D eigenvalue weighted by Crippen LogP contribution is -1.90. The Bertz CT molecular complexity index is 577. The molecule has 20 heavy (non-hydrogen) atoms. The molecule has 0 aromatic heterocycles. The highest BCUT2D eigenvalue weighted by Gasteiger charge is 2.02. The first-order chi connectivity index (χ1) is 9.31. The minimum atomic E-state index is 0.291. The third-order valence-electron chi connectivity index (χ3n) is 3.03. The van der Waals surface area contributed by atoms with Crippen molar-refractivity contribution in [1.82, 2.24) is 0 Å². The molecule has 2 rings (SSSR count). The number of phenols is 2. The normalized spacial score (nSPS) is 10.1. The van der Waals surface area contributed by atoms with Gasteiger partial charge in [-0.25, -0.2) is 0 Å². The number of aromatic hydroxyl groups is 2. The number of benzene rings is 2. The van der Waals surface area contributed by atoms with Gasteiger partial charge in [0, 0.05) is 5.02 Å². The van der Waals surface area contributed by atoms with Gasteiger partial charge in [-0.15, -0.1) is 0 Å². The van der Waals surface area contributed by atoms with E-state index in [1.807, 2.05) is 13.0 Å². The van der Waals surface area contributed by atoms with Crippen LogP contribution in [0.3, 0.4) is 0 Å². The minimum absolute atomic E-state index is 0.291. The van der Waals surface area contributed by atoms with Crippen LogP contribution in [0, 0.1) is 13.8 Å². The lowest BCUT2D eigenvalue weighted by atomic mass is 9.98. The SMILES string of the molecule is Cc1cc(Cl)ccc1O.Cc1cc(O)ccc1C(C)C. The quantitative estimate of drug-likeness (QED) is 0.760. The summed E-state index contributed by atoms with van der Waals surface area (Å²) >= 11 is 5.61. The van der Waals surface area contributed by atoms with Gasteiger partial charge >= 0.3 is 0 Å². The Kier molecular flexibility index (Phi) is 5.90.